The Labute approximate surface area is 112 Å². The molecule has 0 fully saturated rings. The van der Waals surface area contributed by atoms with E-state index in [9.17, 15) is 0 Å². The van der Waals surface area contributed by atoms with Gasteiger partial charge in [-0.1, -0.05) is 12.1 Å². The van der Waals surface area contributed by atoms with Crippen molar-refractivity contribution in [1.29, 1.82) is 0 Å². The molecule has 100 valence electrons. The molecule has 1 aromatic carbocycles. The second kappa shape index (κ2) is 5.51. The molecule has 19 heavy (non-hydrogen) atoms. The zero-order valence-electron chi connectivity index (χ0n) is 11.2. The molecule has 0 aliphatic heterocycles. The number of nitrogens with two attached hydrogens (primary N) is 1. The van der Waals surface area contributed by atoms with E-state index in [1.807, 2.05) is 31.2 Å². The van der Waals surface area contributed by atoms with Crippen molar-refractivity contribution in [2.75, 3.05) is 18.2 Å². The number of nitrogen functional groups attached to an aromatic ring is 1. The summed E-state index contributed by atoms with van der Waals surface area (Å²) < 4.78 is 5.13. The lowest BCUT2D eigenvalue weighted by Crippen LogP contribution is -2.12. The summed E-state index contributed by atoms with van der Waals surface area (Å²) in [5.74, 6) is 2.12. The van der Waals surface area contributed by atoms with Crippen LogP contribution in [-0.4, -0.2) is 22.1 Å². The summed E-state index contributed by atoms with van der Waals surface area (Å²) in [6.45, 7) is 3.80. The topological polar surface area (TPSA) is 86.0 Å². The number of methoxy groups -OCH3 is 1. The average Bonchev–Trinajstić information content (AvgIpc) is 2.37. The number of anilines is 2. The summed E-state index contributed by atoms with van der Waals surface area (Å²) in [7, 11) is 1.65. The maximum Gasteiger partial charge on any atom is 0.228 e. The van der Waals surface area contributed by atoms with Gasteiger partial charge in [-0.2, -0.15) is 15.0 Å². The predicted molar refractivity (Wildman–Crippen MR) is 74.0 cm³/mol. The van der Waals surface area contributed by atoms with Crippen LogP contribution >= 0.6 is 0 Å². The van der Waals surface area contributed by atoms with Gasteiger partial charge in [0.2, 0.25) is 11.9 Å². The summed E-state index contributed by atoms with van der Waals surface area (Å²) >= 11 is 0. The minimum atomic E-state index is 0.0621. The summed E-state index contributed by atoms with van der Waals surface area (Å²) in [5, 5.41) is 3.19. The minimum absolute atomic E-state index is 0.0621. The van der Waals surface area contributed by atoms with E-state index in [0.29, 0.717) is 11.8 Å². The lowest BCUT2D eigenvalue weighted by atomic mass is 10.1. The first-order valence-electron chi connectivity index (χ1n) is 5.97. The van der Waals surface area contributed by atoms with Gasteiger partial charge >= 0.3 is 0 Å². The van der Waals surface area contributed by atoms with Gasteiger partial charge in [0.25, 0.3) is 0 Å². The number of nitrogens with zero attached hydrogens (tertiary/aromatic N) is 3. The zero-order chi connectivity index (χ0) is 13.8. The van der Waals surface area contributed by atoms with Crippen molar-refractivity contribution < 1.29 is 4.74 Å². The van der Waals surface area contributed by atoms with E-state index in [2.05, 4.69) is 20.3 Å². The van der Waals surface area contributed by atoms with E-state index in [1.54, 1.807) is 14.0 Å². The van der Waals surface area contributed by atoms with E-state index in [4.69, 9.17) is 10.5 Å². The molecule has 0 saturated heterocycles. The third-order valence-electron chi connectivity index (χ3n) is 2.73. The minimum Gasteiger partial charge on any atom is -0.497 e. The van der Waals surface area contributed by atoms with Crippen molar-refractivity contribution in [3.8, 4) is 5.75 Å². The molecule has 6 heteroatoms. The third kappa shape index (κ3) is 3.31. The van der Waals surface area contributed by atoms with Crippen LogP contribution in [0.25, 0.3) is 0 Å². The van der Waals surface area contributed by atoms with Gasteiger partial charge in [0.1, 0.15) is 11.6 Å². The quantitative estimate of drug-likeness (QED) is 0.872. The SMILES string of the molecule is COc1ccc(C(C)Nc2nc(C)nc(N)n2)cc1. The van der Waals surface area contributed by atoms with Gasteiger partial charge < -0.3 is 15.8 Å². The molecular weight excluding hydrogens is 242 g/mol. The summed E-state index contributed by atoms with van der Waals surface area (Å²) in [6, 6.07) is 7.88. The highest BCUT2D eigenvalue weighted by Gasteiger charge is 2.08. The predicted octanol–water partition coefficient (Wildman–Crippen LogP) is 1.94. The first-order valence-corrected chi connectivity index (χ1v) is 5.97. The fourth-order valence-electron chi connectivity index (χ4n) is 1.74. The molecule has 6 nitrogen and oxygen atoms in total. The highest BCUT2D eigenvalue weighted by atomic mass is 16.5. The molecule has 1 atom stereocenters. The molecule has 1 unspecified atom stereocenters. The number of nitrogens with one attached hydrogen (secondary N) is 1. The Hall–Kier alpha value is -2.37. The Morgan fingerprint density at radius 2 is 1.84 bits per heavy atom. The second-order valence-corrected chi connectivity index (χ2v) is 4.20. The molecule has 0 amide bonds. The molecule has 2 aromatic rings. The zero-order valence-corrected chi connectivity index (χ0v) is 11.2. The van der Waals surface area contributed by atoms with E-state index in [-0.39, 0.29) is 12.0 Å². The molecule has 0 bridgehead atoms. The van der Waals surface area contributed by atoms with Crippen LogP contribution < -0.4 is 15.8 Å². The van der Waals surface area contributed by atoms with E-state index >= 15 is 0 Å². The van der Waals surface area contributed by atoms with E-state index in [0.717, 1.165) is 11.3 Å². The number of hydrogen-bond acceptors (Lipinski definition) is 6. The first kappa shape index (κ1) is 13.1. The number of ether oxygens (including phenoxy) is 1. The Bertz CT molecular complexity index is 535. The normalized spacial score (nSPS) is 11.9. The van der Waals surface area contributed by atoms with Crippen LogP contribution in [0, 0.1) is 6.92 Å². The molecule has 0 aliphatic carbocycles. The van der Waals surface area contributed by atoms with E-state index in [1.165, 1.54) is 0 Å². The number of hydrogen-bond donors (Lipinski definition) is 2. The Balaban J connectivity index is 2.13. The Kier molecular flexibility index (Phi) is 3.79. The van der Waals surface area contributed by atoms with Crippen LogP contribution in [0.15, 0.2) is 24.3 Å². The van der Waals surface area contributed by atoms with Crippen LogP contribution in [-0.2, 0) is 0 Å². The number of aromatic nitrogens is 3. The molecule has 0 radical (unpaired) electrons. The standard InChI is InChI=1S/C13H17N5O/c1-8(10-4-6-11(19-3)7-5-10)15-13-17-9(2)16-12(14)18-13/h4-8H,1-3H3,(H3,14,15,16,17,18). The van der Waals surface area contributed by atoms with Gasteiger partial charge in [-0.15, -0.1) is 0 Å². The molecule has 3 N–H and O–H groups in total. The van der Waals surface area contributed by atoms with Gasteiger partial charge in [0.05, 0.1) is 13.2 Å². The maximum absolute atomic E-state index is 5.59. The van der Waals surface area contributed by atoms with Crippen LogP contribution in [0.2, 0.25) is 0 Å². The number of aryl methyl sites for hydroxylation is 1. The fraction of sp³-hybridized carbons (Fsp3) is 0.308. The smallest absolute Gasteiger partial charge is 0.228 e. The molecule has 2 rings (SSSR count). The van der Waals surface area contributed by atoms with Crippen molar-refractivity contribution in [1.82, 2.24) is 15.0 Å². The first-order chi connectivity index (χ1) is 9.08. The largest absolute Gasteiger partial charge is 0.497 e. The van der Waals surface area contributed by atoms with Gasteiger partial charge in [-0.05, 0) is 31.5 Å². The van der Waals surface area contributed by atoms with Gasteiger partial charge in [-0.25, -0.2) is 0 Å². The lowest BCUT2D eigenvalue weighted by Gasteiger charge is -2.14. The Morgan fingerprint density at radius 3 is 2.42 bits per heavy atom. The van der Waals surface area contributed by atoms with Gasteiger partial charge in [-0.3, -0.25) is 0 Å². The highest BCUT2D eigenvalue weighted by Crippen LogP contribution is 2.20. The summed E-state index contributed by atoms with van der Waals surface area (Å²) in [5.41, 5.74) is 6.70. The van der Waals surface area contributed by atoms with Crippen molar-refractivity contribution in [3.05, 3.63) is 35.7 Å². The van der Waals surface area contributed by atoms with Crippen molar-refractivity contribution in [2.24, 2.45) is 0 Å². The molecule has 1 heterocycles. The molecule has 0 saturated carbocycles. The average molecular weight is 259 g/mol. The van der Waals surface area contributed by atoms with E-state index < -0.39 is 0 Å². The Morgan fingerprint density at radius 1 is 1.16 bits per heavy atom. The fourth-order valence-corrected chi connectivity index (χ4v) is 1.74. The van der Waals surface area contributed by atoms with Gasteiger partial charge in [0.15, 0.2) is 0 Å². The van der Waals surface area contributed by atoms with Crippen molar-refractivity contribution >= 4 is 11.9 Å². The summed E-state index contributed by atoms with van der Waals surface area (Å²) in [6.07, 6.45) is 0. The number of rotatable bonds is 4. The molecule has 0 spiro atoms. The highest BCUT2D eigenvalue weighted by molar-refractivity contribution is 5.36. The lowest BCUT2D eigenvalue weighted by molar-refractivity contribution is 0.414. The second-order valence-electron chi connectivity index (χ2n) is 4.20. The number of benzene rings is 1. The van der Waals surface area contributed by atoms with Crippen LogP contribution in [0.1, 0.15) is 24.4 Å². The van der Waals surface area contributed by atoms with Crippen molar-refractivity contribution in [2.45, 2.75) is 19.9 Å². The molecular formula is C13H17N5O. The maximum atomic E-state index is 5.59. The van der Waals surface area contributed by atoms with Crippen LogP contribution in [0.4, 0.5) is 11.9 Å². The summed E-state index contributed by atoms with van der Waals surface area (Å²) in [4.78, 5) is 12.2. The van der Waals surface area contributed by atoms with Crippen molar-refractivity contribution in [3.63, 3.8) is 0 Å². The monoisotopic (exact) mass is 259 g/mol. The van der Waals surface area contributed by atoms with Crippen LogP contribution in [0.3, 0.4) is 0 Å². The third-order valence-corrected chi connectivity index (χ3v) is 2.73. The molecule has 1 aromatic heterocycles. The molecule has 0 aliphatic rings. The van der Waals surface area contributed by atoms with Gasteiger partial charge in [0, 0.05) is 0 Å². The van der Waals surface area contributed by atoms with Crippen LogP contribution in [0.5, 0.6) is 5.75 Å².